The summed E-state index contributed by atoms with van der Waals surface area (Å²) in [5, 5.41) is 0.814. The van der Waals surface area contributed by atoms with Gasteiger partial charge in [0.2, 0.25) is 0 Å². The molecule has 0 saturated carbocycles. The summed E-state index contributed by atoms with van der Waals surface area (Å²) in [6.45, 7) is 9.07. The standard InChI is InChI=1S/C16H14Cl3NO2/c1-7(2)15(21)14-8(3)9(4)20(16(14)22)13-6-11(18)10(17)5-12(13)19/h5-7H,4H2,1-3H3. The Bertz CT molecular complexity index is 735. The number of allylic oxidation sites excluding steroid dienone is 1. The Balaban J connectivity index is 2.54. The zero-order valence-corrected chi connectivity index (χ0v) is 14.6. The molecule has 2 rings (SSSR count). The van der Waals surface area contributed by atoms with E-state index < -0.39 is 5.91 Å². The van der Waals surface area contributed by atoms with E-state index in [0.717, 1.165) is 0 Å². The van der Waals surface area contributed by atoms with E-state index in [0.29, 0.717) is 17.0 Å². The monoisotopic (exact) mass is 357 g/mol. The maximum absolute atomic E-state index is 12.7. The van der Waals surface area contributed by atoms with Crippen molar-refractivity contribution in [2.45, 2.75) is 20.8 Å². The molecule has 0 fully saturated rings. The molecule has 1 aromatic rings. The lowest BCUT2D eigenvalue weighted by Gasteiger charge is -2.20. The number of ketones is 1. The molecule has 1 aliphatic rings. The average molecular weight is 359 g/mol. The fourth-order valence-electron chi connectivity index (χ4n) is 2.22. The number of nitrogens with zero attached hydrogens (tertiary/aromatic N) is 1. The fraction of sp³-hybridized carbons (Fsp3) is 0.250. The molecular weight excluding hydrogens is 345 g/mol. The summed E-state index contributed by atoms with van der Waals surface area (Å²) in [5.41, 5.74) is 1.46. The highest BCUT2D eigenvalue weighted by molar-refractivity contribution is 6.44. The van der Waals surface area contributed by atoms with Gasteiger partial charge in [0.05, 0.1) is 26.3 Å². The summed E-state index contributed by atoms with van der Waals surface area (Å²) in [5.74, 6) is -0.949. The minimum absolute atomic E-state index is 0.141. The van der Waals surface area contributed by atoms with E-state index in [2.05, 4.69) is 6.58 Å². The molecule has 3 nitrogen and oxygen atoms in total. The second-order valence-corrected chi connectivity index (χ2v) is 6.55. The molecule has 0 spiro atoms. The van der Waals surface area contributed by atoms with Gasteiger partial charge >= 0.3 is 0 Å². The fourth-order valence-corrected chi connectivity index (χ4v) is 2.85. The van der Waals surface area contributed by atoms with E-state index in [1.54, 1.807) is 20.8 Å². The first-order valence-corrected chi connectivity index (χ1v) is 7.73. The van der Waals surface area contributed by atoms with Crippen molar-refractivity contribution in [2.75, 3.05) is 4.90 Å². The highest BCUT2D eigenvalue weighted by Crippen LogP contribution is 2.41. The second-order valence-electron chi connectivity index (χ2n) is 5.32. The summed E-state index contributed by atoms with van der Waals surface area (Å²) < 4.78 is 0. The number of halogens is 3. The number of hydrogen-bond donors (Lipinski definition) is 0. The summed E-state index contributed by atoms with van der Waals surface area (Å²) in [6.07, 6.45) is 0. The number of anilines is 1. The topological polar surface area (TPSA) is 37.4 Å². The zero-order valence-electron chi connectivity index (χ0n) is 12.3. The molecule has 0 radical (unpaired) electrons. The number of carbonyl (C=O) groups is 2. The van der Waals surface area contributed by atoms with Crippen LogP contribution in [-0.2, 0) is 9.59 Å². The van der Waals surface area contributed by atoms with Gasteiger partial charge in [0.25, 0.3) is 5.91 Å². The smallest absolute Gasteiger partial charge is 0.266 e. The quantitative estimate of drug-likeness (QED) is 0.560. The molecule has 1 heterocycles. The van der Waals surface area contributed by atoms with Gasteiger partial charge in [-0.2, -0.15) is 0 Å². The van der Waals surface area contributed by atoms with Gasteiger partial charge in [-0.1, -0.05) is 55.2 Å². The minimum atomic E-state index is -0.443. The van der Waals surface area contributed by atoms with Crippen LogP contribution in [0.15, 0.2) is 35.6 Å². The third-order valence-corrected chi connectivity index (χ3v) is 4.52. The van der Waals surface area contributed by atoms with Crippen molar-refractivity contribution in [2.24, 2.45) is 5.92 Å². The summed E-state index contributed by atoms with van der Waals surface area (Å²) in [7, 11) is 0. The van der Waals surface area contributed by atoms with Gasteiger partial charge in [-0.05, 0) is 24.6 Å². The lowest BCUT2D eigenvalue weighted by Crippen LogP contribution is -2.28. The molecular formula is C16H14Cl3NO2. The molecule has 0 bridgehead atoms. The van der Waals surface area contributed by atoms with Crippen molar-refractivity contribution in [3.8, 4) is 0 Å². The Morgan fingerprint density at radius 3 is 2.23 bits per heavy atom. The first-order valence-electron chi connectivity index (χ1n) is 6.60. The lowest BCUT2D eigenvalue weighted by molar-refractivity contribution is -0.122. The molecule has 0 unspecified atom stereocenters. The third kappa shape index (κ3) is 2.69. The molecule has 6 heteroatoms. The molecule has 1 aliphatic heterocycles. The van der Waals surface area contributed by atoms with E-state index in [1.807, 2.05) is 0 Å². The maximum atomic E-state index is 12.7. The van der Waals surface area contributed by atoms with E-state index in [-0.39, 0.29) is 32.3 Å². The molecule has 0 atom stereocenters. The van der Waals surface area contributed by atoms with Crippen LogP contribution in [0.2, 0.25) is 15.1 Å². The van der Waals surface area contributed by atoms with Crippen LogP contribution in [0.4, 0.5) is 5.69 Å². The minimum Gasteiger partial charge on any atom is -0.294 e. The van der Waals surface area contributed by atoms with Crippen LogP contribution in [0.3, 0.4) is 0 Å². The van der Waals surface area contributed by atoms with Crippen LogP contribution in [0.25, 0.3) is 0 Å². The zero-order chi connectivity index (χ0) is 16.8. The predicted octanol–water partition coefficient (Wildman–Crippen LogP) is 5.05. The highest BCUT2D eigenvalue weighted by Gasteiger charge is 2.38. The van der Waals surface area contributed by atoms with Gasteiger partial charge in [-0.25, -0.2) is 0 Å². The van der Waals surface area contributed by atoms with Crippen molar-refractivity contribution < 1.29 is 9.59 Å². The number of carbonyl (C=O) groups excluding carboxylic acids is 2. The summed E-state index contributed by atoms with van der Waals surface area (Å²) >= 11 is 18.1. The van der Waals surface area contributed by atoms with Crippen LogP contribution in [-0.4, -0.2) is 11.7 Å². The second kappa shape index (κ2) is 6.07. The van der Waals surface area contributed by atoms with Crippen molar-refractivity contribution >= 4 is 52.2 Å². The molecule has 22 heavy (non-hydrogen) atoms. The van der Waals surface area contributed by atoms with Crippen LogP contribution in [0.5, 0.6) is 0 Å². The highest BCUT2D eigenvalue weighted by atomic mass is 35.5. The normalized spacial score (nSPS) is 15.3. The number of benzene rings is 1. The van der Waals surface area contributed by atoms with Crippen LogP contribution >= 0.6 is 34.8 Å². The molecule has 0 saturated heterocycles. The Labute approximate surface area is 144 Å². The average Bonchev–Trinajstić information content (AvgIpc) is 2.64. The molecule has 0 aliphatic carbocycles. The first kappa shape index (κ1) is 17.1. The molecule has 1 amide bonds. The van der Waals surface area contributed by atoms with E-state index >= 15 is 0 Å². The van der Waals surface area contributed by atoms with Gasteiger partial charge in [0, 0.05) is 11.6 Å². The van der Waals surface area contributed by atoms with Crippen molar-refractivity contribution in [3.05, 3.63) is 50.6 Å². The first-order chi connectivity index (χ1) is 10.2. The van der Waals surface area contributed by atoms with E-state index in [1.165, 1.54) is 17.0 Å². The Hall–Kier alpha value is -1.29. The van der Waals surface area contributed by atoms with Gasteiger partial charge < -0.3 is 0 Å². The number of hydrogen-bond acceptors (Lipinski definition) is 2. The molecule has 1 aromatic carbocycles. The van der Waals surface area contributed by atoms with Crippen LogP contribution in [0, 0.1) is 5.92 Å². The molecule has 116 valence electrons. The van der Waals surface area contributed by atoms with E-state index in [4.69, 9.17) is 34.8 Å². The van der Waals surface area contributed by atoms with Crippen LogP contribution < -0.4 is 4.90 Å². The third-order valence-electron chi connectivity index (χ3n) is 3.50. The van der Waals surface area contributed by atoms with Gasteiger partial charge in [-0.3, -0.25) is 14.5 Å². The maximum Gasteiger partial charge on any atom is 0.266 e. The molecule has 0 aromatic heterocycles. The van der Waals surface area contributed by atoms with Gasteiger partial charge in [-0.15, -0.1) is 0 Å². The Morgan fingerprint density at radius 1 is 1.14 bits per heavy atom. The summed E-state index contributed by atoms with van der Waals surface area (Å²) in [4.78, 5) is 26.2. The SMILES string of the molecule is C=C1C(C)=C(C(=O)C(C)C)C(=O)N1c1cc(Cl)c(Cl)cc1Cl. The summed E-state index contributed by atoms with van der Waals surface area (Å²) in [6, 6.07) is 2.95. The van der Waals surface area contributed by atoms with Crippen LogP contribution in [0.1, 0.15) is 20.8 Å². The Morgan fingerprint density at radius 2 is 1.68 bits per heavy atom. The van der Waals surface area contributed by atoms with Gasteiger partial charge in [0.1, 0.15) is 0 Å². The predicted molar refractivity (Wildman–Crippen MR) is 90.6 cm³/mol. The van der Waals surface area contributed by atoms with Crippen molar-refractivity contribution in [3.63, 3.8) is 0 Å². The lowest BCUT2D eigenvalue weighted by atomic mass is 9.98. The number of rotatable bonds is 3. The van der Waals surface area contributed by atoms with Crippen molar-refractivity contribution in [1.82, 2.24) is 0 Å². The van der Waals surface area contributed by atoms with E-state index in [9.17, 15) is 9.59 Å². The number of amides is 1. The van der Waals surface area contributed by atoms with Crippen molar-refractivity contribution in [1.29, 1.82) is 0 Å². The largest absolute Gasteiger partial charge is 0.294 e. The van der Waals surface area contributed by atoms with Gasteiger partial charge in [0.15, 0.2) is 5.78 Å². The number of Topliss-reactive ketones (excluding diaryl/α,β-unsaturated/α-hetero) is 1. The Kier molecular flexibility index (Phi) is 4.71. The molecule has 0 N–H and O–H groups in total.